The van der Waals surface area contributed by atoms with Gasteiger partial charge in [-0.05, 0) is 39.0 Å². The molecule has 0 bridgehead atoms. The molecule has 0 saturated carbocycles. The second kappa shape index (κ2) is 9.16. The minimum absolute atomic E-state index is 0.0808. The van der Waals surface area contributed by atoms with Gasteiger partial charge in [0.25, 0.3) is 0 Å². The van der Waals surface area contributed by atoms with Crippen LogP contribution in [0.15, 0.2) is 36.5 Å². The van der Waals surface area contributed by atoms with Crippen molar-refractivity contribution < 1.29 is 50.5 Å². The molecule has 2 amide bonds. The first-order valence-electron chi connectivity index (χ1n) is 9.12. The SMILES string of the molecule is CC(C)(C)OC(=O)N(Cc1cc(-c2ccc(C(F)(F)F)cc2)ncc1OC(F)(F)F)C(=O)O. The van der Waals surface area contributed by atoms with Crippen LogP contribution in [-0.4, -0.2) is 39.1 Å². The molecule has 2 aromatic rings. The molecule has 0 atom stereocenters. The molecule has 1 N–H and O–H groups in total. The van der Waals surface area contributed by atoms with E-state index in [2.05, 4.69) is 9.72 Å². The molecule has 180 valence electrons. The number of rotatable bonds is 4. The fourth-order valence-corrected chi connectivity index (χ4v) is 2.51. The zero-order valence-electron chi connectivity index (χ0n) is 17.4. The predicted molar refractivity (Wildman–Crippen MR) is 101 cm³/mol. The molecular weight excluding hydrogens is 462 g/mol. The number of nitrogens with zero attached hydrogens (tertiary/aromatic N) is 2. The Balaban J connectivity index is 2.48. The number of carbonyl (C=O) groups excluding carboxylic acids is 1. The maximum atomic E-state index is 12.8. The van der Waals surface area contributed by atoms with Crippen LogP contribution in [0.4, 0.5) is 35.9 Å². The number of hydrogen-bond acceptors (Lipinski definition) is 5. The Morgan fingerprint density at radius 3 is 2.06 bits per heavy atom. The molecular formula is C20H18F6N2O5. The van der Waals surface area contributed by atoms with E-state index < -0.39 is 53.7 Å². The van der Waals surface area contributed by atoms with E-state index in [0.717, 1.165) is 30.3 Å². The molecule has 0 radical (unpaired) electrons. The standard InChI is InChI=1S/C20H18F6N2O5/c1-18(2,3)33-17(31)28(16(29)30)10-12-8-14(27-9-15(12)32-20(24,25)26)11-4-6-13(7-5-11)19(21,22)23/h4-9H,10H2,1-3H3,(H,29,30). The van der Waals surface area contributed by atoms with Crippen LogP contribution in [-0.2, 0) is 17.5 Å². The lowest BCUT2D eigenvalue weighted by molar-refractivity contribution is -0.275. The number of carboxylic acid groups (broad SMARTS) is 1. The molecule has 1 aromatic heterocycles. The Labute approximate surface area is 183 Å². The van der Waals surface area contributed by atoms with Crippen LogP contribution in [0.2, 0.25) is 0 Å². The van der Waals surface area contributed by atoms with Gasteiger partial charge in [-0.15, -0.1) is 13.2 Å². The van der Waals surface area contributed by atoms with Gasteiger partial charge in [-0.3, -0.25) is 4.98 Å². The molecule has 0 saturated heterocycles. The monoisotopic (exact) mass is 480 g/mol. The van der Waals surface area contributed by atoms with Gasteiger partial charge in [0.2, 0.25) is 0 Å². The summed E-state index contributed by atoms with van der Waals surface area (Å²) in [6.45, 7) is 3.46. The molecule has 0 aliphatic carbocycles. The summed E-state index contributed by atoms with van der Waals surface area (Å²) in [4.78, 5) is 27.7. The minimum atomic E-state index is -5.16. The normalized spacial score (nSPS) is 12.3. The highest BCUT2D eigenvalue weighted by Gasteiger charge is 2.34. The summed E-state index contributed by atoms with van der Waals surface area (Å²) in [6.07, 6.45) is -12.3. The van der Waals surface area contributed by atoms with E-state index >= 15 is 0 Å². The van der Waals surface area contributed by atoms with E-state index in [0.29, 0.717) is 6.20 Å². The lowest BCUT2D eigenvalue weighted by Gasteiger charge is -2.25. The summed E-state index contributed by atoms with van der Waals surface area (Å²) >= 11 is 0. The molecule has 13 heteroatoms. The number of carbonyl (C=O) groups is 2. The van der Waals surface area contributed by atoms with Crippen molar-refractivity contribution >= 4 is 12.2 Å². The fraction of sp³-hybridized carbons (Fsp3) is 0.350. The average molecular weight is 480 g/mol. The van der Waals surface area contributed by atoms with Gasteiger partial charge in [-0.1, -0.05) is 12.1 Å². The quantitative estimate of drug-likeness (QED) is 0.534. The summed E-state index contributed by atoms with van der Waals surface area (Å²) in [5, 5.41) is 9.36. The number of imide groups is 1. The van der Waals surface area contributed by atoms with Crippen molar-refractivity contribution in [2.75, 3.05) is 0 Å². The fourth-order valence-electron chi connectivity index (χ4n) is 2.51. The number of ether oxygens (including phenoxy) is 2. The second-order valence-electron chi connectivity index (χ2n) is 7.65. The van der Waals surface area contributed by atoms with Gasteiger partial charge in [0.05, 0.1) is 24.0 Å². The smallest absolute Gasteiger partial charge is 0.465 e. The first kappa shape index (κ1) is 25.7. The van der Waals surface area contributed by atoms with Gasteiger partial charge in [-0.25, -0.2) is 14.5 Å². The van der Waals surface area contributed by atoms with Gasteiger partial charge >= 0.3 is 24.7 Å². The maximum Gasteiger partial charge on any atom is 0.573 e. The number of aromatic nitrogens is 1. The van der Waals surface area contributed by atoms with Crippen LogP contribution in [0.25, 0.3) is 11.3 Å². The maximum absolute atomic E-state index is 12.8. The van der Waals surface area contributed by atoms with Crippen LogP contribution in [0.5, 0.6) is 5.75 Å². The molecule has 0 aliphatic heterocycles. The average Bonchev–Trinajstić information content (AvgIpc) is 2.63. The molecule has 0 unspecified atom stereocenters. The molecule has 0 aliphatic rings. The molecule has 1 aromatic carbocycles. The minimum Gasteiger partial charge on any atom is -0.465 e. The van der Waals surface area contributed by atoms with E-state index in [9.17, 15) is 41.0 Å². The summed E-state index contributed by atoms with van der Waals surface area (Å²) < 4.78 is 85.5. The Morgan fingerprint density at radius 1 is 1.03 bits per heavy atom. The number of halogens is 6. The highest BCUT2D eigenvalue weighted by molar-refractivity contribution is 5.87. The molecule has 33 heavy (non-hydrogen) atoms. The summed E-state index contributed by atoms with van der Waals surface area (Å²) in [7, 11) is 0. The zero-order chi connectivity index (χ0) is 25.2. The van der Waals surface area contributed by atoms with Crippen molar-refractivity contribution in [3.63, 3.8) is 0 Å². The van der Waals surface area contributed by atoms with Crippen molar-refractivity contribution in [3.8, 4) is 17.0 Å². The Morgan fingerprint density at radius 2 is 1.61 bits per heavy atom. The van der Waals surface area contributed by atoms with Gasteiger partial charge < -0.3 is 14.6 Å². The Kier molecular flexibility index (Phi) is 7.14. The highest BCUT2D eigenvalue weighted by Crippen LogP contribution is 2.33. The topological polar surface area (TPSA) is 89.0 Å². The van der Waals surface area contributed by atoms with E-state index in [-0.39, 0.29) is 16.2 Å². The first-order chi connectivity index (χ1) is 15.0. The van der Waals surface area contributed by atoms with Crippen LogP contribution in [0.3, 0.4) is 0 Å². The molecule has 2 rings (SSSR count). The van der Waals surface area contributed by atoms with Crippen molar-refractivity contribution in [1.29, 1.82) is 0 Å². The second-order valence-corrected chi connectivity index (χ2v) is 7.65. The Bertz CT molecular complexity index is 1010. The number of alkyl halides is 6. The summed E-state index contributed by atoms with van der Waals surface area (Å²) in [5.41, 5.74) is -2.46. The van der Waals surface area contributed by atoms with Crippen molar-refractivity contribution in [3.05, 3.63) is 47.7 Å². The predicted octanol–water partition coefficient (Wildman–Crippen LogP) is 6.08. The van der Waals surface area contributed by atoms with Crippen LogP contribution in [0, 0.1) is 0 Å². The third kappa shape index (κ3) is 7.54. The number of benzene rings is 1. The molecule has 0 spiro atoms. The third-order valence-electron chi connectivity index (χ3n) is 3.86. The third-order valence-corrected chi connectivity index (χ3v) is 3.86. The van der Waals surface area contributed by atoms with E-state index in [4.69, 9.17) is 4.74 Å². The van der Waals surface area contributed by atoms with Crippen LogP contribution < -0.4 is 4.74 Å². The van der Waals surface area contributed by atoms with Crippen LogP contribution in [0.1, 0.15) is 31.9 Å². The number of amides is 2. The molecule has 1 heterocycles. The van der Waals surface area contributed by atoms with Crippen molar-refractivity contribution in [1.82, 2.24) is 9.88 Å². The van der Waals surface area contributed by atoms with Gasteiger partial charge in [0.1, 0.15) is 5.60 Å². The molecule has 7 nitrogen and oxygen atoms in total. The van der Waals surface area contributed by atoms with Crippen molar-refractivity contribution in [2.45, 2.75) is 45.5 Å². The van der Waals surface area contributed by atoms with Crippen molar-refractivity contribution in [2.24, 2.45) is 0 Å². The zero-order valence-corrected chi connectivity index (χ0v) is 17.4. The van der Waals surface area contributed by atoms with Gasteiger partial charge in [0, 0.05) is 11.1 Å². The van der Waals surface area contributed by atoms with E-state index in [1.54, 1.807) is 0 Å². The highest BCUT2D eigenvalue weighted by atomic mass is 19.4. The lowest BCUT2D eigenvalue weighted by atomic mass is 10.1. The Hall–Kier alpha value is -3.51. The summed E-state index contributed by atoms with van der Waals surface area (Å²) in [5.74, 6) is -0.895. The number of pyridine rings is 1. The van der Waals surface area contributed by atoms with E-state index in [1.165, 1.54) is 20.8 Å². The largest absolute Gasteiger partial charge is 0.573 e. The van der Waals surface area contributed by atoms with Gasteiger partial charge in [0.15, 0.2) is 5.75 Å². The van der Waals surface area contributed by atoms with Gasteiger partial charge in [-0.2, -0.15) is 13.2 Å². The lowest BCUT2D eigenvalue weighted by Crippen LogP contribution is -2.39. The molecule has 0 fully saturated rings. The summed E-state index contributed by atoms with van der Waals surface area (Å²) in [6, 6.07) is 4.57. The first-order valence-corrected chi connectivity index (χ1v) is 9.12. The van der Waals surface area contributed by atoms with Crippen LogP contribution >= 0.6 is 0 Å². The van der Waals surface area contributed by atoms with E-state index in [1.807, 2.05) is 0 Å². The number of hydrogen-bond donors (Lipinski definition) is 1.